The van der Waals surface area contributed by atoms with Gasteiger partial charge in [0.15, 0.2) is 0 Å². The summed E-state index contributed by atoms with van der Waals surface area (Å²) in [7, 11) is 3.18. The van der Waals surface area contributed by atoms with Crippen LogP contribution in [0.25, 0.3) is 0 Å². The molecule has 0 aliphatic rings. The van der Waals surface area contributed by atoms with Crippen LogP contribution in [0.15, 0.2) is 12.1 Å². The molecule has 0 aliphatic heterocycles. The Hall–Kier alpha value is -0.891. The van der Waals surface area contributed by atoms with E-state index in [1.807, 2.05) is 12.1 Å². The van der Waals surface area contributed by atoms with Gasteiger partial charge in [-0.1, -0.05) is 0 Å². The first-order chi connectivity index (χ1) is 7.92. The summed E-state index contributed by atoms with van der Waals surface area (Å²) in [5, 5.41) is 9.19. The van der Waals surface area contributed by atoms with Crippen LogP contribution in [0.3, 0.4) is 0 Å². The van der Waals surface area contributed by atoms with Crippen molar-refractivity contribution >= 4 is 24.7 Å². The Morgan fingerprint density at radius 2 is 1.82 bits per heavy atom. The van der Waals surface area contributed by atoms with Crippen molar-refractivity contribution in [2.75, 3.05) is 14.2 Å². The zero-order chi connectivity index (χ0) is 13.1. The predicted octanol–water partition coefficient (Wildman–Crippen LogP) is 2.12. The quantitative estimate of drug-likeness (QED) is 0.793. The normalized spacial score (nSPS) is 10.8. The Balaban J connectivity index is 3.30. The van der Waals surface area contributed by atoms with Gasteiger partial charge >= 0.3 is 113 Å². The number of benzene rings is 1. The van der Waals surface area contributed by atoms with Gasteiger partial charge in [-0.25, -0.2) is 0 Å². The number of hydrogen-bond donors (Lipinski definition) is 0. The Morgan fingerprint density at radius 3 is 2.24 bits per heavy atom. The number of hydrogen-bond acceptors (Lipinski definition) is 3. The van der Waals surface area contributed by atoms with Crippen LogP contribution in [-0.2, 0) is 0 Å². The van der Waals surface area contributed by atoms with Crippen molar-refractivity contribution in [3.8, 4) is 17.6 Å². The Bertz CT molecular complexity index is 444. The van der Waals surface area contributed by atoms with Gasteiger partial charge in [0, 0.05) is 0 Å². The Kier molecular flexibility index (Phi) is 4.69. The summed E-state index contributed by atoms with van der Waals surface area (Å²) in [4.78, 5) is 0. The van der Waals surface area contributed by atoms with Crippen molar-refractivity contribution < 1.29 is 9.47 Å². The maximum atomic E-state index is 9.19. The first-order valence-corrected chi connectivity index (χ1v) is 8.21. The van der Waals surface area contributed by atoms with E-state index in [1.54, 1.807) is 14.2 Å². The molecule has 0 unspecified atom stereocenters. The summed E-state index contributed by atoms with van der Waals surface area (Å²) >= 11 is -0.803. The molecular formula is C13H17NO2Sn. The SMILES string of the molecule is COc1cc[c]([Sn][C](C)(C)C)c(OC)c1C#N. The van der Waals surface area contributed by atoms with Gasteiger partial charge in [0.2, 0.25) is 0 Å². The van der Waals surface area contributed by atoms with Crippen LogP contribution in [0, 0.1) is 11.3 Å². The minimum absolute atomic E-state index is 0.317. The minimum atomic E-state index is -0.803. The van der Waals surface area contributed by atoms with E-state index in [0.29, 0.717) is 20.5 Å². The number of methoxy groups -OCH3 is 2. The molecule has 0 spiro atoms. The molecule has 0 atom stereocenters. The molecule has 0 saturated carbocycles. The number of nitrogens with zero attached hydrogens (tertiary/aromatic N) is 1. The second-order valence-corrected chi connectivity index (χ2v) is 11.2. The van der Waals surface area contributed by atoms with Crippen molar-refractivity contribution in [2.24, 2.45) is 0 Å². The molecule has 0 saturated heterocycles. The number of rotatable bonds is 3. The van der Waals surface area contributed by atoms with Crippen LogP contribution in [0.5, 0.6) is 11.5 Å². The monoisotopic (exact) mass is 339 g/mol. The Morgan fingerprint density at radius 1 is 1.18 bits per heavy atom. The van der Waals surface area contributed by atoms with Gasteiger partial charge in [-0.2, -0.15) is 0 Å². The molecule has 0 N–H and O–H groups in total. The van der Waals surface area contributed by atoms with Gasteiger partial charge < -0.3 is 0 Å². The molecule has 90 valence electrons. The molecule has 1 aromatic rings. The van der Waals surface area contributed by atoms with E-state index in [2.05, 4.69) is 26.8 Å². The van der Waals surface area contributed by atoms with Crippen molar-refractivity contribution in [3.05, 3.63) is 17.7 Å². The zero-order valence-corrected chi connectivity index (χ0v) is 13.8. The fraction of sp³-hybridized carbons (Fsp3) is 0.462. The van der Waals surface area contributed by atoms with Crippen LogP contribution in [0.2, 0.25) is 3.43 Å². The molecule has 0 aliphatic carbocycles. The first kappa shape index (κ1) is 14.2. The van der Waals surface area contributed by atoms with E-state index in [-0.39, 0.29) is 0 Å². The first-order valence-electron chi connectivity index (χ1n) is 5.36. The second kappa shape index (κ2) is 5.63. The summed E-state index contributed by atoms with van der Waals surface area (Å²) in [5.74, 6) is 1.29. The summed E-state index contributed by atoms with van der Waals surface area (Å²) in [6, 6.07) is 6.07. The van der Waals surface area contributed by atoms with Gasteiger partial charge in [-0.3, -0.25) is 0 Å². The summed E-state index contributed by atoms with van der Waals surface area (Å²) in [6.07, 6.45) is 0. The molecule has 0 fully saturated rings. The van der Waals surface area contributed by atoms with Crippen molar-refractivity contribution in [2.45, 2.75) is 24.2 Å². The fourth-order valence-electron chi connectivity index (χ4n) is 1.56. The van der Waals surface area contributed by atoms with Crippen molar-refractivity contribution in [1.29, 1.82) is 5.26 Å². The average Bonchev–Trinajstić information content (AvgIpc) is 2.26. The molecular weight excluding hydrogens is 321 g/mol. The molecule has 17 heavy (non-hydrogen) atoms. The van der Waals surface area contributed by atoms with E-state index < -0.39 is 21.1 Å². The maximum absolute atomic E-state index is 9.19. The van der Waals surface area contributed by atoms with Crippen LogP contribution in [-0.4, -0.2) is 35.4 Å². The van der Waals surface area contributed by atoms with Crippen LogP contribution >= 0.6 is 0 Å². The number of nitriles is 1. The molecule has 0 heterocycles. The van der Waals surface area contributed by atoms with Crippen LogP contribution in [0.1, 0.15) is 26.3 Å². The Labute approximate surface area is 113 Å². The molecule has 0 aromatic heterocycles. The van der Waals surface area contributed by atoms with Gasteiger partial charge in [0.1, 0.15) is 0 Å². The molecule has 2 radical (unpaired) electrons. The van der Waals surface area contributed by atoms with Gasteiger partial charge in [-0.05, 0) is 0 Å². The van der Waals surface area contributed by atoms with E-state index in [0.717, 1.165) is 0 Å². The predicted molar refractivity (Wildman–Crippen MR) is 69.4 cm³/mol. The van der Waals surface area contributed by atoms with Gasteiger partial charge in [0.05, 0.1) is 0 Å². The van der Waals surface area contributed by atoms with E-state index in [4.69, 9.17) is 9.47 Å². The van der Waals surface area contributed by atoms with Gasteiger partial charge in [0.25, 0.3) is 0 Å². The van der Waals surface area contributed by atoms with Gasteiger partial charge in [-0.15, -0.1) is 0 Å². The third kappa shape index (κ3) is 3.53. The average molecular weight is 338 g/mol. The third-order valence-corrected chi connectivity index (χ3v) is 6.20. The molecule has 3 nitrogen and oxygen atoms in total. The van der Waals surface area contributed by atoms with E-state index in [1.165, 1.54) is 3.58 Å². The standard InChI is InChI=1S/C9H8NO2.C4H9.Sn/c1-11-8-4-3-5-9(12-2)7(8)6-10;1-4(2)3;/h3-4H,1-2H3;1-3H3;. The molecule has 4 heteroatoms. The van der Waals surface area contributed by atoms with E-state index in [9.17, 15) is 5.26 Å². The topological polar surface area (TPSA) is 42.2 Å². The summed E-state index contributed by atoms with van der Waals surface area (Å²) < 4.78 is 12.1. The molecule has 0 bridgehead atoms. The van der Waals surface area contributed by atoms with Crippen LogP contribution < -0.4 is 13.1 Å². The zero-order valence-electron chi connectivity index (χ0n) is 10.9. The summed E-state index contributed by atoms with van der Waals surface area (Å²) in [5.41, 5.74) is 0.512. The van der Waals surface area contributed by atoms with E-state index >= 15 is 0 Å². The molecule has 1 rings (SSSR count). The van der Waals surface area contributed by atoms with Crippen molar-refractivity contribution in [3.63, 3.8) is 0 Å². The summed E-state index contributed by atoms with van der Waals surface area (Å²) in [6.45, 7) is 6.69. The third-order valence-electron chi connectivity index (χ3n) is 2.16. The van der Waals surface area contributed by atoms with Crippen molar-refractivity contribution in [1.82, 2.24) is 0 Å². The second-order valence-electron chi connectivity index (χ2n) is 4.71. The van der Waals surface area contributed by atoms with Crippen LogP contribution in [0.4, 0.5) is 0 Å². The number of ether oxygens (including phenoxy) is 2. The fourth-order valence-corrected chi connectivity index (χ4v) is 5.31. The molecule has 0 amide bonds. The molecule has 1 aromatic carbocycles.